The fraction of sp³-hybridized carbons (Fsp3) is 0.769. The molecule has 2 unspecified atom stereocenters. The van der Waals surface area contributed by atoms with Crippen LogP contribution in [-0.4, -0.2) is 36.9 Å². The van der Waals surface area contributed by atoms with Gasteiger partial charge in [-0.3, -0.25) is 0 Å². The molecule has 0 amide bonds. The quantitative estimate of drug-likeness (QED) is 0.829. The van der Waals surface area contributed by atoms with Gasteiger partial charge in [-0.15, -0.1) is 0 Å². The van der Waals surface area contributed by atoms with Gasteiger partial charge in [0.05, 0.1) is 29.8 Å². The van der Waals surface area contributed by atoms with E-state index in [1.165, 1.54) is 0 Å². The van der Waals surface area contributed by atoms with Crippen molar-refractivity contribution in [3.05, 3.63) is 10.6 Å². The monoisotopic (exact) mass is 272 g/mol. The summed E-state index contributed by atoms with van der Waals surface area (Å²) in [4.78, 5) is 7.78. The predicted octanol–water partition coefficient (Wildman–Crippen LogP) is 2.62. The number of hydrogen-bond donors (Lipinski definition) is 1. The van der Waals surface area contributed by atoms with Crippen molar-refractivity contribution in [3.63, 3.8) is 0 Å². The topological polar surface area (TPSA) is 45.6 Å². The van der Waals surface area contributed by atoms with Gasteiger partial charge in [0.1, 0.15) is 0 Å². The summed E-state index contributed by atoms with van der Waals surface area (Å²) in [6.45, 7) is 7.14. The first-order chi connectivity index (χ1) is 8.54. The minimum atomic E-state index is 0.0733. The minimum Gasteiger partial charge on any atom is -0.391 e. The van der Waals surface area contributed by atoms with E-state index in [4.69, 9.17) is 4.74 Å². The Morgan fingerprint density at radius 2 is 2.11 bits per heavy atom. The smallest absolute Gasteiger partial charge is 0.185 e. The van der Waals surface area contributed by atoms with Crippen LogP contribution >= 0.6 is 11.3 Å². The summed E-state index contributed by atoms with van der Waals surface area (Å²) < 4.78 is 5.16. The predicted molar refractivity (Wildman–Crippen MR) is 76.5 cm³/mol. The molecule has 0 aromatic carbocycles. The van der Waals surface area contributed by atoms with Gasteiger partial charge in [-0.25, -0.2) is 4.98 Å². The van der Waals surface area contributed by atoms with Crippen LogP contribution in [0.4, 0.5) is 5.13 Å². The lowest BCUT2D eigenvalue weighted by molar-refractivity contribution is 0.183. The van der Waals surface area contributed by atoms with Crippen LogP contribution in [0.2, 0.25) is 0 Å². The molecule has 1 aromatic rings. The molecule has 104 valence electrons. The lowest BCUT2D eigenvalue weighted by atomic mass is 10.0. The summed E-state index contributed by atoms with van der Waals surface area (Å²) in [7, 11) is 3.72. The van der Waals surface area contributed by atoms with Crippen molar-refractivity contribution in [3.8, 4) is 0 Å². The lowest BCUT2D eigenvalue weighted by Gasteiger charge is -2.23. The second kappa shape index (κ2) is 7.07. The van der Waals surface area contributed by atoms with Crippen LogP contribution in [0.15, 0.2) is 0 Å². The first kappa shape index (κ1) is 15.4. The fourth-order valence-corrected chi connectivity index (χ4v) is 2.84. The molecule has 1 aromatic heterocycles. The Kier molecular flexibility index (Phi) is 6.05. The van der Waals surface area contributed by atoms with Crippen LogP contribution in [0.5, 0.6) is 0 Å². The first-order valence-corrected chi connectivity index (χ1v) is 7.18. The van der Waals surface area contributed by atoms with Gasteiger partial charge < -0.3 is 14.7 Å². The zero-order valence-corrected chi connectivity index (χ0v) is 12.8. The maximum absolute atomic E-state index is 9.43. The van der Waals surface area contributed by atoms with Crippen LogP contribution in [0.25, 0.3) is 0 Å². The third kappa shape index (κ3) is 3.43. The van der Waals surface area contributed by atoms with Gasteiger partial charge in [-0.05, 0) is 19.3 Å². The number of methoxy groups -OCH3 is 1. The molecular weight excluding hydrogens is 248 g/mol. The SMILES string of the molecule is CCC(C)c1nc(N(C)C(C)COC)sc1CO. The highest BCUT2D eigenvalue weighted by molar-refractivity contribution is 7.15. The van der Waals surface area contributed by atoms with Crippen LogP contribution in [0, 0.1) is 0 Å². The molecule has 4 nitrogen and oxygen atoms in total. The van der Waals surface area contributed by atoms with E-state index in [-0.39, 0.29) is 12.6 Å². The molecular formula is C13H24N2O2S. The fourth-order valence-electron chi connectivity index (χ4n) is 1.73. The van der Waals surface area contributed by atoms with Crippen molar-refractivity contribution < 1.29 is 9.84 Å². The molecule has 1 heterocycles. The van der Waals surface area contributed by atoms with Crippen molar-refractivity contribution in [2.24, 2.45) is 0 Å². The number of nitrogens with zero attached hydrogens (tertiary/aromatic N) is 2. The number of thiazole rings is 1. The number of anilines is 1. The Balaban J connectivity index is 2.93. The zero-order chi connectivity index (χ0) is 13.7. The maximum Gasteiger partial charge on any atom is 0.185 e. The largest absolute Gasteiger partial charge is 0.391 e. The summed E-state index contributed by atoms with van der Waals surface area (Å²) >= 11 is 1.57. The Labute approximate surface area is 114 Å². The Morgan fingerprint density at radius 3 is 2.61 bits per heavy atom. The highest BCUT2D eigenvalue weighted by Crippen LogP contribution is 2.32. The van der Waals surface area contributed by atoms with E-state index < -0.39 is 0 Å². The molecule has 0 spiro atoms. The second-order valence-electron chi connectivity index (χ2n) is 4.69. The van der Waals surface area contributed by atoms with Crippen LogP contribution in [0.1, 0.15) is 43.7 Å². The molecule has 0 fully saturated rings. The molecule has 0 aliphatic rings. The zero-order valence-electron chi connectivity index (χ0n) is 11.9. The van der Waals surface area contributed by atoms with Gasteiger partial charge in [-0.1, -0.05) is 25.2 Å². The normalized spacial score (nSPS) is 14.6. The summed E-state index contributed by atoms with van der Waals surface area (Å²) in [5.74, 6) is 0.392. The molecule has 18 heavy (non-hydrogen) atoms. The van der Waals surface area contributed by atoms with Crippen molar-refractivity contribution in [2.75, 3.05) is 25.7 Å². The third-order valence-corrected chi connectivity index (χ3v) is 4.46. The molecule has 0 saturated heterocycles. The second-order valence-corrected chi connectivity index (χ2v) is 5.75. The number of ether oxygens (including phenoxy) is 1. The Bertz CT molecular complexity index is 368. The van der Waals surface area contributed by atoms with Gasteiger partial charge in [0, 0.05) is 14.2 Å². The van der Waals surface area contributed by atoms with Gasteiger partial charge in [0.15, 0.2) is 5.13 Å². The van der Waals surface area contributed by atoms with E-state index in [0.717, 1.165) is 22.1 Å². The van der Waals surface area contributed by atoms with Crippen molar-refractivity contribution in [1.82, 2.24) is 4.98 Å². The molecule has 1 N–H and O–H groups in total. The molecule has 0 aliphatic carbocycles. The highest BCUT2D eigenvalue weighted by atomic mass is 32.1. The molecule has 0 bridgehead atoms. The minimum absolute atomic E-state index is 0.0733. The van der Waals surface area contributed by atoms with Gasteiger partial charge in [0.2, 0.25) is 0 Å². The summed E-state index contributed by atoms with van der Waals surface area (Å²) in [6.07, 6.45) is 1.04. The van der Waals surface area contributed by atoms with Crippen molar-refractivity contribution in [2.45, 2.75) is 45.8 Å². The van der Waals surface area contributed by atoms with E-state index in [9.17, 15) is 5.11 Å². The van der Waals surface area contributed by atoms with Crippen LogP contribution in [-0.2, 0) is 11.3 Å². The summed E-state index contributed by atoms with van der Waals surface area (Å²) in [6, 6.07) is 0.275. The van der Waals surface area contributed by atoms with E-state index >= 15 is 0 Å². The van der Waals surface area contributed by atoms with Crippen molar-refractivity contribution >= 4 is 16.5 Å². The number of aliphatic hydroxyl groups excluding tert-OH is 1. The average molecular weight is 272 g/mol. The molecule has 2 atom stereocenters. The van der Waals surface area contributed by atoms with E-state index in [0.29, 0.717) is 12.5 Å². The number of aromatic nitrogens is 1. The molecule has 0 aliphatic heterocycles. The number of rotatable bonds is 7. The van der Waals surface area contributed by atoms with Crippen LogP contribution in [0.3, 0.4) is 0 Å². The highest BCUT2D eigenvalue weighted by Gasteiger charge is 2.19. The molecule has 5 heteroatoms. The lowest BCUT2D eigenvalue weighted by Crippen LogP contribution is -2.32. The third-order valence-electron chi connectivity index (χ3n) is 3.31. The average Bonchev–Trinajstić information content (AvgIpc) is 2.81. The summed E-state index contributed by atoms with van der Waals surface area (Å²) in [5.41, 5.74) is 1.04. The molecule has 1 rings (SSSR count). The van der Waals surface area contributed by atoms with E-state index in [1.807, 2.05) is 7.05 Å². The van der Waals surface area contributed by atoms with Gasteiger partial charge in [0.25, 0.3) is 0 Å². The number of likely N-dealkylation sites (N-methyl/N-ethyl adjacent to an activating group) is 1. The number of hydrogen-bond acceptors (Lipinski definition) is 5. The Morgan fingerprint density at radius 1 is 1.44 bits per heavy atom. The van der Waals surface area contributed by atoms with E-state index in [1.54, 1.807) is 18.4 Å². The molecule has 0 radical (unpaired) electrons. The van der Waals surface area contributed by atoms with Gasteiger partial charge >= 0.3 is 0 Å². The Hall–Kier alpha value is -0.650. The number of aliphatic hydroxyl groups is 1. The standard InChI is InChI=1S/C13H24N2O2S/c1-6-9(2)12-11(7-16)18-13(14-12)15(4)10(3)8-17-5/h9-10,16H,6-8H2,1-5H3. The van der Waals surface area contributed by atoms with E-state index in [2.05, 4.69) is 30.7 Å². The molecule has 0 saturated carbocycles. The first-order valence-electron chi connectivity index (χ1n) is 6.37. The van der Waals surface area contributed by atoms with Gasteiger partial charge in [-0.2, -0.15) is 0 Å². The maximum atomic E-state index is 9.43. The summed E-state index contributed by atoms with van der Waals surface area (Å²) in [5, 5.41) is 10.4. The van der Waals surface area contributed by atoms with Crippen molar-refractivity contribution in [1.29, 1.82) is 0 Å². The van der Waals surface area contributed by atoms with Crippen LogP contribution < -0.4 is 4.90 Å².